The number of carboxylic acids is 1. The number of β-lactam (4-membered cyclic amide) rings is 2. The molecule has 14 heteroatoms. The third kappa shape index (κ3) is 5.43. The van der Waals surface area contributed by atoms with Gasteiger partial charge in [-0.05, 0) is 26.3 Å². The fraction of sp³-hybridized carbons (Fsp3) is 0.435. The zero-order valence-corrected chi connectivity index (χ0v) is 21.2. The van der Waals surface area contributed by atoms with Crippen LogP contribution in [0.4, 0.5) is 4.79 Å². The zero-order valence-electron chi connectivity index (χ0n) is 20.3. The first-order valence-electron chi connectivity index (χ1n) is 11.4. The number of imide groups is 2. The fourth-order valence-corrected chi connectivity index (χ4v) is 4.30. The van der Waals surface area contributed by atoms with Crippen molar-refractivity contribution < 1.29 is 38.7 Å². The Bertz CT molecular complexity index is 1140. The Morgan fingerprint density at radius 2 is 1.65 bits per heavy atom. The molecule has 198 valence electrons. The van der Waals surface area contributed by atoms with Crippen LogP contribution < -0.4 is 10.6 Å². The number of carbonyl (C=O) groups is 7. The summed E-state index contributed by atoms with van der Waals surface area (Å²) in [5.41, 5.74) is 0.273. The van der Waals surface area contributed by atoms with Crippen molar-refractivity contribution >= 4 is 54.2 Å². The van der Waals surface area contributed by atoms with E-state index in [4.69, 9.17) is 0 Å². The van der Waals surface area contributed by atoms with Crippen molar-refractivity contribution in [3.63, 3.8) is 0 Å². The van der Waals surface area contributed by atoms with E-state index in [1.54, 1.807) is 25.1 Å². The summed E-state index contributed by atoms with van der Waals surface area (Å²) >= 11 is 4.17. The highest BCUT2D eigenvalue weighted by atomic mass is 32.1. The summed E-state index contributed by atoms with van der Waals surface area (Å²) in [6.45, 7) is 4.88. The molecule has 13 nitrogen and oxygen atoms in total. The zero-order chi connectivity index (χ0) is 27.7. The average molecular weight is 534 g/mol. The quantitative estimate of drug-likeness (QED) is 0.145. The first-order valence-corrected chi connectivity index (χ1v) is 11.8. The summed E-state index contributed by atoms with van der Waals surface area (Å²) in [4.78, 5) is 90.1. The van der Waals surface area contributed by atoms with Gasteiger partial charge in [0.05, 0.1) is 0 Å². The smallest absolute Gasteiger partial charge is 0.328 e. The number of amides is 7. The molecule has 2 atom stereocenters. The number of rotatable bonds is 8. The molecule has 0 saturated carbocycles. The van der Waals surface area contributed by atoms with Crippen LogP contribution >= 0.6 is 12.6 Å². The Morgan fingerprint density at radius 1 is 1.05 bits per heavy atom. The topological polar surface area (TPSA) is 174 Å². The summed E-state index contributed by atoms with van der Waals surface area (Å²) in [7, 11) is 0. The maximum Gasteiger partial charge on any atom is 0.328 e. The molecule has 0 spiro atoms. The Hall–Kier alpha value is -3.94. The van der Waals surface area contributed by atoms with Gasteiger partial charge in [-0.3, -0.25) is 33.8 Å². The molecule has 2 saturated heterocycles. The predicted octanol–water partition coefficient (Wildman–Crippen LogP) is -0.857. The Labute approximate surface area is 217 Å². The van der Waals surface area contributed by atoms with E-state index in [1.165, 1.54) is 30.9 Å². The molecule has 3 N–H and O–H groups in total. The molecule has 1 aromatic rings. The highest BCUT2D eigenvalue weighted by Gasteiger charge is 2.56. The fourth-order valence-electron chi connectivity index (χ4n) is 4.08. The van der Waals surface area contributed by atoms with Crippen LogP contribution in [0.25, 0.3) is 0 Å². The molecule has 2 fully saturated rings. The van der Waals surface area contributed by atoms with Crippen LogP contribution in [0.15, 0.2) is 30.3 Å². The number of carboxylic acid groups (broad SMARTS) is 1. The number of likely N-dealkylation sites (tertiary alicyclic amines) is 1. The van der Waals surface area contributed by atoms with Gasteiger partial charge in [-0.2, -0.15) is 12.6 Å². The van der Waals surface area contributed by atoms with Crippen molar-refractivity contribution in [1.82, 2.24) is 25.3 Å². The number of nitrogens with one attached hydrogen (secondary N) is 2. The van der Waals surface area contributed by atoms with Crippen LogP contribution in [0.1, 0.15) is 32.4 Å². The summed E-state index contributed by atoms with van der Waals surface area (Å²) in [6, 6.07) is 2.17. The van der Waals surface area contributed by atoms with Crippen LogP contribution in [0.5, 0.6) is 0 Å². The number of carbonyl (C=O) groups excluding carboxylic acids is 6. The van der Waals surface area contributed by atoms with Crippen LogP contribution in [0, 0.1) is 0 Å². The summed E-state index contributed by atoms with van der Waals surface area (Å²) in [5.74, 6) is -6.18. The van der Waals surface area contributed by atoms with Crippen molar-refractivity contribution in [3.8, 4) is 0 Å². The largest absolute Gasteiger partial charge is 0.480 e. The second kappa shape index (κ2) is 10.6. The molecular formula is C23H27N5O8S. The molecule has 0 unspecified atom stereocenters. The van der Waals surface area contributed by atoms with Crippen molar-refractivity contribution in [2.45, 2.75) is 43.6 Å². The maximum atomic E-state index is 13.1. The van der Waals surface area contributed by atoms with E-state index in [0.717, 1.165) is 0 Å². The van der Waals surface area contributed by atoms with E-state index >= 15 is 0 Å². The minimum Gasteiger partial charge on any atom is -0.480 e. The number of thiol groups is 1. The SMILES string of the molecule is CCN1CCN(C(=O)N[C@@H](C(=O)NC2C(=O)N([C@@H](C(=O)O)C(C)(C)S)C2=O)c2ccccc2)C(=O)C1=O. The number of likely N-dealkylation sites (N-methyl/N-ethyl adjacent to an activating group) is 1. The van der Waals surface area contributed by atoms with Gasteiger partial charge in [0.15, 0.2) is 12.1 Å². The number of benzene rings is 1. The predicted molar refractivity (Wildman–Crippen MR) is 130 cm³/mol. The normalized spacial score (nSPS) is 18.3. The average Bonchev–Trinajstić information content (AvgIpc) is 2.84. The summed E-state index contributed by atoms with van der Waals surface area (Å²) in [5, 5.41) is 14.1. The number of hydrogen-bond acceptors (Lipinski definition) is 8. The van der Waals surface area contributed by atoms with Gasteiger partial charge in [-0.25, -0.2) is 9.59 Å². The Morgan fingerprint density at radius 3 is 2.16 bits per heavy atom. The lowest BCUT2D eigenvalue weighted by Crippen LogP contribution is -2.74. The number of piperazine rings is 1. The number of hydrogen-bond donors (Lipinski definition) is 4. The third-order valence-corrected chi connectivity index (χ3v) is 6.26. The summed E-state index contributed by atoms with van der Waals surface area (Å²) < 4.78 is -1.27. The van der Waals surface area contributed by atoms with Gasteiger partial charge in [0.2, 0.25) is 5.91 Å². The monoisotopic (exact) mass is 533 g/mol. The molecule has 0 bridgehead atoms. The van der Waals surface area contributed by atoms with Crippen LogP contribution in [-0.4, -0.2) is 97.8 Å². The Kier molecular flexibility index (Phi) is 7.91. The van der Waals surface area contributed by atoms with Gasteiger partial charge in [0, 0.05) is 24.4 Å². The van der Waals surface area contributed by atoms with E-state index in [2.05, 4.69) is 23.3 Å². The van der Waals surface area contributed by atoms with E-state index < -0.39 is 64.4 Å². The highest BCUT2D eigenvalue weighted by molar-refractivity contribution is 7.81. The minimum atomic E-state index is -1.66. The van der Waals surface area contributed by atoms with E-state index in [9.17, 15) is 38.7 Å². The Balaban J connectivity index is 1.78. The molecular weight excluding hydrogens is 506 g/mol. The molecule has 2 heterocycles. The number of urea groups is 1. The van der Waals surface area contributed by atoms with Crippen molar-refractivity contribution in [1.29, 1.82) is 0 Å². The van der Waals surface area contributed by atoms with Crippen LogP contribution in [-0.2, 0) is 28.8 Å². The van der Waals surface area contributed by atoms with Crippen molar-refractivity contribution in [2.75, 3.05) is 19.6 Å². The van der Waals surface area contributed by atoms with Gasteiger partial charge < -0.3 is 20.6 Å². The first kappa shape index (κ1) is 27.6. The second-order valence-corrected chi connectivity index (χ2v) is 10.2. The molecule has 0 aliphatic carbocycles. The molecule has 0 radical (unpaired) electrons. The second-order valence-electron chi connectivity index (χ2n) is 9.02. The first-order chi connectivity index (χ1) is 17.3. The third-order valence-electron chi connectivity index (χ3n) is 6.02. The van der Waals surface area contributed by atoms with Gasteiger partial charge >= 0.3 is 23.8 Å². The lowest BCUT2D eigenvalue weighted by molar-refractivity contribution is -0.173. The molecule has 1 aromatic carbocycles. The summed E-state index contributed by atoms with van der Waals surface area (Å²) in [6.07, 6.45) is 0. The number of nitrogens with zero attached hydrogens (tertiary/aromatic N) is 3. The van der Waals surface area contributed by atoms with Gasteiger partial charge in [-0.1, -0.05) is 30.3 Å². The molecule has 3 rings (SSSR count). The van der Waals surface area contributed by atoms with Crippen LogP contribution in [0.3, 0.4) is 0 Å². The number of aliphatic carboxylic acids is 1. The minimum absolute atomic E-state index is 0.0853. The molecule has 37 heavy (non-hydrogen) atoms. The van der Waals surface area contributed by atoms with E-state index in [-0.39, 0.29) is 18.7 Å². The van der Waals surface area contributed by atoms with E-state index in [1.807, 2.05) is 0 Å². The molecule has 2 aliphatic heterocycles. The maximum absolute atomic E-state index is 13.1. The van der Waals surface area contributed by atoms with Gasteiger partial charge in [0.1, 0.15) is 6.04 Å². The van der Waals surface area contributed by atoms with Gasteiger partial charge in [0.25, 0.3) is 11.8 Å². The van der Waals surface area contributed by atoms with Gasteiger partial charge in [-0.15, -0.1) is 0 Å². The van der Waals surface area contributed by atoms with Crippen molar-refractivity contribution in [2.24, 2.45) is 0 Å². The van der Waals surface area contributed by atoms with E-state index in [0.29, 0.717) is 16.3 Å². The standard InChI is InChI=1S/C23H27N5O8S/c1-4-26-10-11-27(20(33)19(26)32)22(36)25-13(12-8-6-5-7-9-12)16(29)24-14-17(30)28(18(14)31)15(21(34)35)23(2,3)37/h5-9,13-15,37H,4,10-11H2,1-3H3,(H,24,29)(H,25,36)(H,34,35)/t13-,15+/m1/s1. The highest BCUT2D eigenvalue weighted by Crippen LogP contribution is 2.29. The lowest BCUT2D eigenvalue weighted by atomic mass is 9.94. The van der Waals surface area contributed by atoms with Crippen molar-refractivity contribution in [3.05, 3.63) is 35.9 Å². The molecule has 0 aromatic heterocycles. The molecule has 2 aliphatic rings. The van der Waals surface area contributed by atoms with Crippen LogP contribution in [0.2, 0.25) is 0 Å². The lowest BCUT2D eigenvalue weighted by Gasteiger charge is -2.44. The molecule has 7 amide bonds.